The van der Waals surface area contributed by atoms with Gasteiger partial charge >= 0.3 is 5.97 Å². The number of hydrogen-bond acceptors (Lipinski definition) is 4. The maximum atomic E-state index is 11.8. The van der Waals surface area contributed by atoms with Crippen LogP contribution in [0.15, 0.2) is 0 Å². The van der Waals surface area contributed by atoms with Crippen LogP contribution in [-0.4, -0.2) is 36.6 Å². The second-order valence-electron chi connectivity index (χ2n) is 5.11. The van der Waals surface area contributed by atoms with E-state index in [-0.39, 0.29) is 17.4 Å². The van der Waals surface area contributed by atoms with Crippen LogP contribution >= 0.6 is 0 Å². The van der Waals surface area contributed by atoms with Crippen molar-refractivity contribution in [3.05, 3.63) is 0 Å². The van der Waals surface area contributed by atoms with Crippen LogP contribution in [0.25, 0.3) is 0 Å². The average molecular weight is 244 g/mol. The molecule has 1 amide bonds. The van der Waals surface area contributed by atoms with Crippen molar-refractivity contribution < 1.29 is 14.3 Å². The van der Waals surface area contributed by atoms with Gasteiger partial charge in [0.2, 0.25) is 5.91 Å². The topological polar surface area (TPSA) is 67.4 Å². The molecule has 0 aromatic carbocycles. The summed E-state index contributed by atoms with van der Waals surface area (Å²) in [6.45, 7) is 9.33. The molecule has 0 aromatic heterocycles. The predicted molar refractivity (Wildman–Crippen MR) is 66.6 cm³/mol. The molecule has 100 valence electrons. The number of methoxy groups -OCH3 is 1. The molecule has 0 rings (SSSR count). The van der Waals surface area contributed by atoms with Crippen molar-refractivity contribution in [1.82, 2.24) is 10.6 Å². The first-order valence-corrected chi connectivity index (χ1v) is 5.87. The van der Waals surface area contributed by atoms with Gasteiger partial charge < -0.3 is 10.1 Å². The number of amides is 1. The largest absolute Gasteiger partial charge is 0.468 e. The lowest BCUT2D eigenvalue weighted by molar-refractivity contribution is -0.143. The van der Waals surface area contributed by atoms with Gasteiger partial charge in [-0.15, -0.1) is 0 Å². The number of esters is 1. The van der Waals surface area contributed by atoms with E-state index < -0.39 is 12.1 Å². The van der Waals surface area contributed by atoms with Crippen LogP contribution in [0.3, 0.4) is 0 Å². The molecule has 0 saturated carbocycles. The van der Waals surface area contributed by atoms with E-state index in [4.69, 9.17) is 0 Å². The Morgan fingerprint density at radius 2 is 1.82 bits per heavy atom. The third-order valence-corrected chi connectivity index (χ3v) is 2.24. The summed E-state index contributed by atoms with van der Waals surface area (Å²) in [7, 11) is 1.34. The SMILES string of the molecule is CCC(NC(C)C(=O)NC(C)(C)C)C(=O)OC. The van der Waals surface area contributed by atoms with Crippen LogP contribution in [0.5, 0.6) is 0 Å². The zero-order valence-corrected chi connectivity index (χ0v) is 11.6. The van der Waals surface area contributed by atoms with Crippen LogP contribution in [0.4, 0.5) is 0 Å². The highest BCUT2D eigenvalue weighted by Gasteiger charge is 2.24. The zero-order valence-electron chi connectivity index (χ0n) is 11.6. The van der Waals surface area contributed by atoms with E-state index in [1.807, 2.05) is 27.7 Å². The Labute approximate surface area is 103 Å². The third kappa shape index (κ3) is 6.26. The number of carbonyl (C=O) groups is 2. The molecule has 0 aliphatic heterocycles. The fraction of sp³-hybridized carbons (Fsp3) is 0.833. The third-order valence-electron chi connectivity index (χ3n) is 2.24. The van der Waals surface area contributed by atoms with Crippen molar-refractivity contribution in [2.24, 2.45) is 0 Å². The molecule has 2 unspecified atom stereocenters. The number of hydrogen-bond donors (Lipinski definition) is 2. The number of rotatable bonds is 5. The van der Waals surface area contributed by atoms with Crippen molar-refractivity contribution in [2.75, 3.05) is 7.11 Å². The Kier molecular flexibility index (Phi) is 6.16. The van der Waals surface area contributed by atoms with E-state index in [0.29, 0.717) is 6.42 Å². The average Bonchev–Trinajstić information content (AvgIpc) is 2.21. The minimum atomic E-state index is -0.444. The van der Waals surface area contributed by atoms with Crippen LogP contribution < -0.4 is 10.6 Å². The van der Waals surface area contributed by atoms with Gasteiger partial charge in [-0.2, -0.15) is 0 Å². The van der Waals surface area contributed by atoms with Gasteiger partial charge in [-0.25, -0.2) is 0 Å². The fourth-order valence-corrected chi connectivity index (χ4v) is 1.35. The van der Waals surface area contributed by atoms with Gasteiger partial charge in [-0.05, 0) is 34.1 Å². The summed E-state index contributed by atoms with van der Waals surface area (Å²) in [6.07, 6.45) is 0.583. The molecule has 0 aliphatic rings. The highest BCUT2D eigenvalue weighted by molar-refractivity contribution is 5.83. The Bertz CT molecular complexity index is 271. The maximum Gasteiger partial charge on any atom is 0.322 e. The lowest BCUT2D eigenvalue weighted by Crippen LogP contribution is -2.53. The first-order valence-electron chi connectivity index (χ1n) is 5.87. The molecule has 0 radical (unpaired) electrons. The summed E-state index contributed by atoms with van der Waals surface area (Å²) >= 11 is 0. The number of nitrogens with one attached hydrogen (secondary N) is 2. The molecule has 5 nitrogen and oxygen atoms in total. The van der Waals surface area contributed by atoms with E-state index in [0.717, 1.165) is 0 Å². The molecule has 0 saturated heterocycles. The summed E-state index contributed by atoms with van der Waals surface area (Å²) in [5.74, 6) is -0.470. The van der Waals surface area contributed by atoms with Crippen molar-refractivity contribution in [3.63, 3.8) is 0 Å². The van der Waals surface area contributed by atoms with Gasteiger partial charge in [0.25, 0.3) is 0 Å². The molecule has 0 aromatic rings. The smallest absolute Gasteiger partial charge is 0.322 e. The Hall–Kier alpha value is -1.10. The standard InChI is InChI=1S/C12H24N2O3/c1-7-9(11(16)17-6)13-8(2)10(15)14-12(3,4)5/h8-9,13H,7H2,1-6H3,(H,14,15). The first kappa shape index (κ1) is 15.9. The van der Waals surface area contributed by atoms with Gasteiger partial charge in [0.05, 0.1) is 13.2 Å². The highest BCUT2D eigenvalue weighted by atomic mass is 16.5. The Morgan fingerprint density at radius 3 is 2.18 bits per heavy atom. The molecular weight excluding hydrogens is 220 g/mol. The minimum Gasteiger partial charge on any atom is -0.468 e. The number of carbonyl (C=O) groups excluding carboxylic acids is 2. The molecule has 0 bridgehead atoms. The molecule has 17 heavy (non-hydrogen) atoms. The van der Waals surface area contributed by atoms with Gasteiger partial charge in [0.1, 0.15) is 6.04 Å². The second-order valence-corrected chi connectivity index (χ2v) is 5.11. The second kappa shape index (κ2) is 6.59. The lowest BCUT2D eigenvalue weighted by atomic mass is 10.1. The van der Waals surface area contributed by atoms with E-state index in [2.05, 4.69) is 15.4 Å². The normalized spacial score (nSPS) is 14.9. The molecular formula is C12H24N2O3. The quantitative estimate of drug-likeness (QED) is 0.703. The Balaban J connectivity index is 4.36. The van der Waals surface area contributed by atoms with Crippen molar-refractivity contribution >= 4 is 11.9 Å². The molecule has 0 spiro atoms. The van der Waals surface area contributed by atoms with Crippen LogP contribution in [0, 0.1) is 0 Å². The molecule has 0 heterocycles. The molecule has 5 heteroatoms. The lowest BCUT2D eigenvalue weighted by Gasteiger charge is -2.25. The van der Waals surface area contributed by atoms with Crippen LogP contribution in [0.1, 0.15) is 41.0 Å². The monoisotopic (exact) mass is 244 g/mol. The summed E-state index contributed by atoms with van der Waals surface area (Å²) in [4.78, 5) is 23.2. The number of ether oxygens (including phenoxy) is 1. The highest BCUT2D eigenvalue weighted by Crippen LogP contribution is 2.01. The molecule has 2 N–H and O–H groups in total. The molecule has 0 aliphatic carbocycles. The molecule has 0 fully saturated rings. The summed E-state index contributed by atoms with van der Waals surface area (Å²) < 4.78 is 4.65. The van der Waals surface area contributed by atoms with E-state index in [9.17, 15) is 9.59 Å². The Morgan fingerprint density at radius 1 is 1.29 bits per heavy atom. The zero-order chi connectivity index (χ0) is 13.6. The van der Waals surface area contributed by atoms with Gasteiger partial charge in [-0.1, -0.05) is 6.92 Å². The van der Waals surface area contributed by atoms with Gasteiger partial charge in [0, 0.05) is 5.54 Å². The summed E-state index contributed by atoms with van der Waals surface area (Å²) in [6, 6.07) is -0.876. The fourth-order valence-electron chi connectivity index (χ4n) is 1.35. The van der Waals surface area contributed by atoms with Gasteiger partial charge in [-0.3, -0.25) is 14.9 Å². The van der Waals surface area contributed by atoms with E-state index in [1.54, 1.807) is 6.92 Å². The van der Waals surface area contributed by atoms with Crippen LogP contribution in [0.2, 0.25) is 0 Å². The van der Waals surface area contributed by atoms with E-state index in [1.165, 1.54) is 7.11 Å². The first-order chi connectivity index (χ1) is 7.71. The maximum absolute atomic E-state index is 11.8. The van der Waals surface area contributed by atoms with Crippen molar-refractivity contribution in [1.29, 1.82) is 0 Å². The predicted octanol–water partition coefficient (Wildman–Crippen LogP) is 0.831. The van der Waals surface area contributed by atoms with Crippen molar-refractivity contribution in [3.8, 4) is 0 Å². The van der Waals surface area contributed by atoms with E-state index >= 15 is 0 Å². The van der Waals surface area contributed by atoms with Crippen molar-refractivity contribution in [2.45, 2.75) is 58.7 Å². The summed E-state index contributed by atoms with van der Waals surface area (Å²) in [5.41, 5.74) is -0.278. The van der Waals surface area contributed by atoms with Crippen LogP contribution in [-0.2, 0) is 14.3 Å². The minimum absolute atomic E-state index is 0.125. The summed E-state index contributed by atoms with van der Waals surface area (Å²) in [5, 5.41) is 5.80. The van der Waals surface area contributed by atoms with Gasteiger partial charge in [0.15, 0.2) is 0 Å². The molecule has 2 atom stereocenters.